The molecule has 0 spiro atoms. The molecule has 0 saturated carbocycles. The number of aryl methyl sites for hydroxylation is 1. The van der Waals surface area contributed by atoms with E-state index in [9.17, 15) is 0 Å². The van der Waals surface area contributed by atoms with Gasteiger partial charge in [-0.15, -0.1) is 24.8 Å². The molecule has 0 atom stereocenters. The van der Waals surface area contributed by atoms with Crippen LogP contribution in [0, 0.1) is 6.92 Å². The predicted octanol–water partition coefficient (Wildman–Crippen LogP) is 4.61. The van der Waals surface area contributed by atoms with Crippen molar-refractivity contribution in [1.29, 1.82) is 0 Å². The van der Waals surface area contributed by atoms with Crippen molar-refractivity contribution in [3.05, 3.63) is 53.9 Å². The number of hydrogen-bond acceptors (Lipinski definition) is 3. The van der Waals surface area contributed by atoms with Crippen LogP contribution in [0.5, 0.6) is 5.75 Å². The molecule has 0 aliphatic rings. The molecule has 2 heterocycles. The van der Waals surface area contributed by atoms with E-state index < -0.39 is 0 Å². The molecule has 0 aliphatic heterocycles. The van der Waals surface area contributed by atoms with Gasteiger partial charge < -0.3 is 14.0 Å². The maximum absolute atomic E-state index is 5.53. The van der Waals surface area contributed by atoms with Crippen LogP contribution in [0.3, 0.4) is 0 Å². The molecule has 1 aromatic carbocycles. The summed E-state index contributed by atoms with van der Waals surface area (Å²) in [5, 5.41) is 0. The summed E-state index contributed by atoms with van der Waals surface area (Å²) in [6, 6.07) is 12.4. The van der Waals surface area contributed by atoms with Gasteiger partial charge in [-0.3, -0.25) is 0 Å². The van der Waals surface area contributed by atoms with Gasteiger partial charge in [-0.05, 0) is 69.9 Å². The Morgan fingerprint density at radius 1 is 1.08 bits per heavy atom. The molecule has 136 valence electrons. The first kappa shape index (κ1) is 21.3. The number of fused-ring (bicyclic) bond motifs is 1. The summed E-state index contributed by atoms with van der Waals surface area (Å²) in [4.78, 5) is 7.04. The summed E-state index contributed by atoms with van der Waals surface area (Å²) in [5.74, 6) is 0.894. The molecule has 0 fully saturated rings. The Labute approximate surface area is 161 Å². The summed E-state index contributed by atoms with van der Waals surface area (Å²) in [6.07, 6.45) is 2.11. The van der Waals surface area contributed by atoms with Crippen molar-refractivity contribution < 1.29 is 4.74 Å². The number of rotatable bonds is 5. The highest BCUT2D eigenvalue weighted by atomic mass is 35.5. The molecule has 3 rings (SSSR count). The Hall–Kier alpha value is -1.75. The van der Waals surface area contributed by atoms with Gasteiger partial charge in [-0.2, -0.15) is 0 Å². The van der Waals surface area contributed by atoms with Crippen LogP contribution in [0.1, 0.15) is 18.2 Å². The predicted molar refractivity (Wildman–Crippen MR) is 108 cm³/mol. The van der Waals surface area contributed by atoms with E-state index >= 15 is 0 Å². The number of ether oxygens (including phenoxy) is 1. The van der Waals surface area contributed by atoms with Crippen molar-refractivity contribution in [3.8, 4) is 17.0 Å². The smallest absolute Gasteiger partial charge is 0.137 e. The molecule has 4 nitrogen and oxygen atoms in total. The first-order valence-corrected chi connectivity index (χ1v) is 7.94. The van der Waals surface area contributed by atoms with Gasteiger partial charge in [0.25, 0.3) is 0 Å². The third kappa shape index (κ3) is 4.66. The quantitative estimate of drug-likeness (QED) is 0.645. The van der Waals surface area contributed by atoms with Crippen LogP contribution in [0.4, 0.5) is 0 Å². The number of benzene rings is 1. The van der Waals surface area contributed by atoms with E-state index in [2.05, 4.69) is 60.8 Å². The van der Waals surface area contributed by atoms with Gasteiger partial charge in [0.05, 0.1) is 18.0 Å². The molecular formula is C19H25Cl2N3O. The number of pyridine rings is 1. The second-order valence-corrected chi connectivity index (χ2v) is 6.03. The normalized spacial score (nSPS) is 10.4. The molecule has 0 aliphatic carbocycles. The van der Waals surface area contributed by atoms with Crippen LogP contribution >= 0.6 is 24.8 Å². The van der Waals surface area contributed by atoms with Crippen molar-refractivity contribution >= 4 is 30.5 Å². The average molecular weight is 382 g/mol. The van der Waals surface area contributed by atoms with Gasteiger partial charge in [-0.1, -0.05) is 0 Å². The third-order valence-electron chi connectivity index (χ3n) is 3.79. The van der Waals surface area contributed by atoms with Crippen molar-refractivity contribution in [2.75, 3.05) is 20.7 Å². The fourth-order valence-electron chi connectivity index (χ4n) is 2.75. The lowest BCUT2D eigenvalue weighted by molar-refractivity contribution is 0.340. The van der Waals surface area contributed by atoms with Crippen LogP contribution in [-0.4, -0.2) is 35.0 Å². The molecule has 0 N–H and O–H groups in total. The van der Waals surface area contributed by atoms with Crippen molar-refractivity contribution in [1.82, 2.24) is 14.3 Å². The monoisotopic (exact) mass is 381 g/mol. The van der Waals surface area contributed by atoms with E-state index in [0.717, 1.165) is 29.2 Å². The van der Waals surface area contributed by atoms with Crippen LogP contribution < -0.4 is 4.74 Å². The lowest BCUT2D eigenvalue weighted by Crippen LogP contribution is -2.13. The fourth-order valence-corrected chi connectivity index (χ4v) is 2.75. The molecule has 25 heavy (non-hydrogen) atoms. The van der Waals surface area contributed by atoms with Gasteiger partial charge in [0.15, 0.2) is 0 Å². The third-order valence-corrected chi connectivity index (χ3v) is 3.79. The van der Waals surface area contributed by atoms with E-state index in [0.29, 0.717) is 6.61 Å². The molecule has 0 unspecified atom stereocenters. The Bertz CT molecular complexity index is 813. The second-order valence-electron chi connectivity index (χ2n) is 6.03. The summed E-state index contributed by atoms with van der Waals surface area (Å²) < 4.78 is 7.71. The fraction of sp³-hybridized carbons (Fsp3) is 0.316. The minimum atomic E-state index is 0. The number of halogens is 2. The van der Waals surface area contributed by atoms with E-state index in [4.69, 9.17) is 9.72 Å². The van der Waals surface area contributed by atoms with E-state index in [1.807, 2.05) is 19.1 Å². The zero-order valence-corrected chi connectivity index (χ0v) is 16.7. The van der Waals surface area contributed by atoms with E-state index in [1.54, 1.807) is 0 Å². The summed E-state index contributed by atoms with van der Waals surface area (Å²) in [5.41, 5.74) is 5.57. The van der Waals surface area contributed by atoms with Crippen molar-refractivity contribution in [3.63, 3.8) is 0 Å². The van der Waals surface area contributed by atoms with Gasteiger partial charge in [0, 0.05) is 18.3 Å². The molecule has 2 aromatic heterocycles. The molecule has 0 amide bonds. The summed E-state index contributed by atoms with van der Waals surface area (Å²) in [6.45, 7) is 5.61. The van der Waals surface area contributed by atoms with Crippen LogP contribution in [0.25, 0.3) is 16.9 Å². The number of imidazole rings is 1. The Morgan fingerprint density at radius 3 is 2.36 bits per heavy atom. The lowest BCUT2D eigenvalue weighted by atomic mass is 10.1. The summed E-state index contributed by atoms with van der Waals surface area (Å²) >= 11 is 0. The maximum Gasteiger partial charge on any atom is 0.137 e. The zero-order valence-electron chi connectivity index (χ0n) is 15.0. The first-order chi connectivity index (χ1) is 11.1. The second kappa shape index (κ2) is 9.09. The standard InChI is InChI=1S/C19H23N3O.2ClH/c1-5-23-16-8-6-15(7-9-16)19-17(13-21(3)4)22-11-10-14(2)12-18(22)20-19;;/h6-12H,5,13H2,1-4H3;2*1H. The molecule has 3 aromatic rings. The molecule has 0 bridgehead atoms. The molecule has 6 heteroatoms. The van der Waals surface area contributed by atoms with Crippen LogP contribution in [-0.2, 0) is 6.54 Å². The maximum atomic E-state index is 5.53. The van der Waals surface area contributed by atoms with Crippen molar-refractivity contribution in [2.24, 2.45) is 0 Å². The SMILES string of the molecule is CCOc1ccc(-c2nc3cc(C)ccn3c2CN(C)C)cc1.Cl.Cl. The number of nitrogens with zero attached hydrogens (tertiary/aromatic N) is 3. The van der Waals surface area contributed by atoms with Crippen molar-refractivity contribution in [2.45, 2.75) is 20.4 Å². The Kier molecular flexibility index (Phi) is 7.74. The number of aromatic nitrogens is 2. The minimum Gasteiger partial charge on any atom is -0.494 e. The summed E-state index contributed by atoms with van der Waals surface area (Å²) in [7, 11) is 4.16. The Balaban J connectivity index is 0.00000156. The van der Waals surface area contributed by atoms with E-state index in [-0.39, 0.29) is 24.8 Å². The highest BCUT2D eigenvalue weighted by molar-refractivity contribution is 5.85. The highest BCUT2D eigenvalue weighted by Crippen LogP contribution is 2.27. The average Bonchev–Trinajstić information content (AvgIpc) is 2.85. The van der Waals surface area contributed by atoms with Crippen LogP contribution in [0.2, 0.25) is 0 Å². The van der Waals surface area contributed by atoms with Gasteiger partial charge in [0.2, 0.25) is 0 Å². The molecule has 0 radical (unpaired) electrons. The molecule has 0 saturated heterocycles. The van der Waals surface area contributed by atoms with Gasteiger partial charge >= 0.3 is 0 Å². The van der Waals surface area contributed by atoms with Crippen LogP contribution in [0.15, 0.2) is 42.6 Å². The molecular weight excluding hydrogens is 357 g/mol. The lowest BCUT2D eigenvalue weighted by Gasteiger charge is -2.12. The minimum absolute atomic E-state index is 0. The largest absolute Gasteiger partial charge is 0.494 e. The van der Waals surface area contributed by atoms with E-state index in [1.165, 1.54) is 11.3 Å². The Morgan fingerprint density at radius 2 is 1.76 bits per heavy atom. The number of hydrogen-bond donors (Lipinski definition) is 0. The first-order valence-electron chi connectivity index (χ1n) is 7.94. The van der Waals surface area contributed by atoms with Gasteiger partial charge in [-0.25, -0.2) is 4.98 Å². The highest BCUT2D eigenvalue weighted by Gasteiger charge is 2.14. The topological polar surface area (TPSA) is 29.8 Å². The van der Waals surface area contributed by atoms with Gasteiger partial charge in [0.1, 0.15) is 11.4 Å². The zero-order chi connectivity index (χ0) is 16.4.